The summed E-state index contributed by atoms with van der Waals surface area (Å²) in [5.41, 5.74) is 0. The first-order valence-corrected chi connectivity index (χ1v) is 7.67. The highest BCUT2D eigenvalue weighted by Crippen LogP contribution is 2.27. The molecule has 0 aromatic carbocycles. The van der Waals surface area contributed by atoms with E-state index in [-0.39, 0.29) is 6.04 Å². The van der Waals surface area contributed by atoms with Gasteiger partial charge in [0.1, 0.15) is 0 Å². The zero-order valence-corrected chi connectivity index (χ0v) is 12.2. The number of carbonyl (C=O) groups excluding carboxylic acids is 1. The molecule has 2 aliphatic heterocycles. The minimum atomic E-state index is 0.0654. The van der Waals surface area contributed by atoms with Crippen molar-refractivity contribution in [3.05, 3.63) is 0 Å². The highest BCUT2D eigenvalue weighted by atomic mass is 16.2. The van der Waals surface area contributed by atoms with Gasteiger partial charge in [-0.05, 0) is 46.5 Å². The van der Waals surface area contributed by atoms with Crippen LogP contribution >= 0.6 is 0 Å². The Bertz CT molecular complexity index is 274. The molecule has 3 heteroatoms. The van der Waals surface area contributed by atoms with E-state index in [1.54, 1.807) is 0 Å². The summed E-state index contributed by atoms with van der Waals surface area (Å²) in [6, 6.07) is 1.19. The Hall–Kier alpha value is -0.570. The van der Waals surface area contributed by atoms with Gasteiger partial charge in [-0.2, -0.15) is 0 Å². The van der Waals surface area contributed by atoms with E-state index in [1.165, 1.54) is 38.5 Å². The first-order valence-electron chi connectivity index (χ1n) is 7.67. The normalized spacial score (nSPS) is 32.3. The third-order valence-electron chi connectivity index (χ3n) is 4.74. The topological polar surface area (TPSA) is 23.6 Å². The predicted molar refractivity (Wildman–Crippen MR) is 74.5 cm³/mol. The molecule has 0 radical (unpaired) electrons. The van der Waals surface area contributed by atoms with E-state index < -0.39 is 0 Å². The van der Waals surface area contributed by atoms with Gasteiger partial charge < -0.3 is 4.90 Å². The molecule has 0 bridgehead atoms. The maximum Gasteiger partial charge on any atom is 0.239 e. The summed E-state index contributed by atoms with van der Waals surface area (Å²) in [5.74, 6) is 0.359. The molecule has 3 atom stereocenters. The standard InChI is InChI=1S/C15H28N2O/c1-12-8-9-13(2)17(12)14(3)15(18)16-10-6-4-5-7-11-16/h12-14H,4-11H2,1-3H3. The van der Waals surface area contributed by atoms with Crippen LogP contribution in [-0.4, -0.2) is 46.9 Å². The molecule has 0 aromatic heterocycles. The zero-order valence-electron chi connectivity index (χ0n) is 12.2. The van der Waals surface area contributed by atoms with E-state index in [0.29, 0.717) is 18.0 Å². The van der Waals surface area contributed by atoms with Crippen LogP contribution in [0.25, 0.3) is 0 Å². The van der Waals surface area contributed by atoms with Crippen molar-refractivity contribution in [3.63, 3.8) is 0 Å². The van der Waals surface area contributed by atoms with Crippen LogP contribution in [0.2, 0.25) is 0 Å². The van der Waals surface area contributed by atoms with Crippen molar-refractivity contribution >= 4 is 5.91 Å². The van der Waals surface area contributed by atoms with Gasteiger partial charge in [0.05, 0.1) is 6.04 Å². The fraction of sp³-hybridized carbons (Fsp3) is 0.933. The monoisotopic (exact) mass is 252 g/mol. The lowest BCUT2D eigenvalue weighted by Gasteiger charge is -2.35. The zero-order chi connectivity index (χ0) is 13.1. The molecule has 3 nitrogen and oxygen atoms in total. The van der Waals surface area contributed by atoms with E-state index in [9.17, 15) is 4.79 Å². The van der Waals surface area contributed by atoms with Gasteiger partial charge in [0, 0.05) is 25.2 Å². The molecule has 2 rings (SSSR count). The van der Waals surface area contributed by atoms with E-state index in [2.05, 4.69) is 30.6 Å². The number of hydrogen-bond acceptors (Lipinski definition) is 2. The first kappa shape index (κ1) is 13.9. The molecule has 1 amide bonds. The van der Waals surface area contributed by atoms with Gasteiger partial charge in [-0.25, -0.2) is 0 Å². The van der Waals surface area contributed by atoms with Gasteiger partial charge in [0.2, 0.25) is 5.91 Å². The second-order valence-corrected chi connectivity index (χ2v) is 6.14. The molecule has 2 saturated heterocycles. The van der Waals surface area contributed by atoms with Crippen molar-refractivity contribution in [3.8, 4) is 0 Å². The Morgan fingerprint density at radius 1 is 1.00 bits per heavy atom. The summed E-state index contributed by atoms with van der Waals surface area (Å²) in [5, 5.41) is 0. The van der Waals surface area contributed by atoms with Gasteiger partial charge in [-0.3, -0.25) is 9.69 Å². The van der Waals surface area contributed by atoms with Crippen molar-refractivity contribution < 1.29 is 4.79 Å². The lowest BCUT2D eigenvalue weighted by molar-refractivity contribution is -0.137. The van der Waals surface area contributed by atoms with Crippen LogP contribution in [0.5, 0.6) is 0 Å². The Morgan fingerprint density at radius 2 is 1.50 bits per heavy atom. The minimum absolute atomic E-state index is 0.0654. The summed E-state index contributed by atoms with van der Waals surface area (Å²) in [7, 11) is 0. The summed E-state index contributed by atoms with van der Waals surface area (Å²) in [4.78, 5) is 17.1. The third kappa shape index (κ3) is 2.87. The Kier molecular flexibility index (Phi) is 4.66. The average Bonchev–Trinajstić information content (AvgIpc) is 2.61. The van der Waals surface area contributed by atoms with E-state index >= 15 is 0 Å². The third-order valence-corrected chi connectivity index (χ3v) is 4.74. The maximum atomic E-state index is 12.6. The predicted octanol–water partition coefficient (Wildman–Crippen LogP) is 2.65. The number of amides is 1. The molecule has 2 aliphatic rings. The van der Waals surface area contributed by atoms with Crippen LogP contribution in [0.3, 0.4) is 0 Å². The molecular formula is C15H28N2O. The Labute approximate surface area is 112 Å². The van der Waals surface area contributed by atoms with Crippen LogP contribution < -0.4 is 0 Å². The summed E-state index contributed by atoms with van der Waals surface area (Å²) in [6.07, 6.45) is 7.41. The fourth-order valence-corrected chi connectivity index (χ4v) is 3.66. The van der Waals surface area contributed by atoms with Crippen LogP contribution in [-0.2, 0) is 4.79 Å². The Morgan fingerprint density at radius 3 is 2.00 bits per heavy atom. The summed E-state index contributed by atoms with van der Waals surface area (Å²) < 4.78 is 0. The maximum absolute atomic E-state index is 12.6. The van der Waals surface area contributed by atoms with Crippen molar-refractivity contribution in [2.45, 2.75) is 77.4 Å². The number of carbonyl (C=O) groups is 1. The van der Waals surface area contributed by atoms with Gasteiger partial charge in [0.25, 0.3) is 0 Å². The number of nitrogens with zero attached hydrogens (tertiary/aromatic N) is 2. The number of likely N-dealkylation sites (tertiary alicyclic amines) is 2. The molecule has 0 saturated carbocycles. The van der Waals surface area contributed by atoms with Crippen LogP contribution in [0.15, 0.2) is 0 Å². The highest BCUT2D eigenvalue weighted by Gasteiger charge is 2.35. The summed E-state index contributed by atoms with van der Waals surface area (Å²) in [6.45, 7) is 8.57. The summed E-state index contributed by atoms with van der Waals surface area (Å²) >= 11 is 0. The van der Waals surface area contributed by atoms with Gasteiger partial charge in [-0.15, -0.1) is 0 Å². The number of hydrogen-bond donors (Lipinski definition) is 0. The van der Waals surface area contributed by atoms with Gasteiger partial charge in [-0.1, -0.05) is 12.8 Å². The van der Waals surface area contributed by atoms with E-state index in [0.717, 1.165) is 13.1 Å². The Balaban J connectivity index is 1.98. The first-order chi connectivity index (χ1) is 8.61. The average molecular weight is 252 g/mol. The van der Waals surface area contributed by atoms with Crippen molar-refractivity contribution in [1.29, 1.82) is 0 Å². The quantitative estimate of drug-likeness (QED) is 0.754. The SMILES string of the molecule is CC1CCC(C)N1C(C)C(=O)N1CCCCCC1. The van der Waals surface area contributed by atoms with Crippen molar-refractivity contribution in [2.75, 3.05) is 13.1 Å². The lowest BCUT2D eigenvalue weighted by Crippen LogP contribution is -2.50. The molecule has 0 aromatic rings. The molecule has 2 fully saturated rings. The van der Waals surface area contributed by atoms with Crippen LogP contribution in [0, 0.1) is 0 Å². The molecule has 104 valence electrons. The van der Waals surface area contributed by atoms with Crippen LogP contribution in [0.4, 0.5) is 0 Å². The van der Waals surface area contributed by atoms with Crippen molar-refractivity contribution in [2.24, 2.45) is 0 Å². The smallest absolute Gasteiger partial charge is 0.239 e. The molecular weight excluding hydrogens is 224 g/mol. The molecule has 0 N–H and O–H groups in total. The largest absolute Gasteiger partial charge is 0.341 e. The number of rotatable bonds is 2. The lowest BCUT2D eigenvalue weighted by atomic mass is 10.2. The van der Waals surface area contributed by atoms with Crippen LogP contribution in [0.1, 0.15) is 59.3 Å². The second kappa shape index (κ2) is 6.05. The van der Waals surface area contributed by atoms with E-state index in [1.807, 2.05) is 0 Å². The second-order valence-electron chi connectivity index (χ2n) is 6.14. The van der Waals surface area contributed by atoms with Crippen molar-refractivity contribution in [1.82, 2.24) is 9.80 Å². The molecule has 0 aliphatic carbocycles. The fourth-order valence-electron chi connectivity index (χ4n) is 3.66. The minimum Gasteiger partial charge on any atom is -0.341 e. The molecule has 0 spiro atoms. The molecule has 3 unspecified atom stereocenters. The van der Waals surface area contributed by atoms with E-state index in [4.69, 9.17) is 0 Å². The molecule has 18 heavy (non-hydrogen) atoms. The molecule has 2 heterocycles. The van der Waals surface area contributed by atoms with Gasteiger partial charge in [0.15, 0.2) is 0 Å². The van der Waals surface area contributed by atoms with Gasteiger partial charge >= 0.3 is 0 Å². The highest BCUT2D eigenvalue weighted by molar-refractivity contribution is 5.81.